The molecular formula is C11H25N5O. The first-order valence-corrected chi connectivity index (χ1v) is 6.30. The highest BCUT2D eigenvalue weighted by molar-refractivity contribution is 5.79. The van der Waals surface area contributed by atoms with Crippen molar-refractivity contribution in [1.29, 1.82) is 0 Å². The van der Waals surface area contributed by atoms with E-state index < -0.39 is 0 Å². The van der Waals surface area contributed by atoms with Crippen LogP contribution in [0.3, 0.4) is 0 Å². The topological polar surface area (TPSA) is 66.1 Å². The second-order valence-corrected chi connectivity index (χ2v) is 4.19. The summed E-state index contributed by atoms with van der Waals surface area (Å²) in [4.78, 5) is 8.97. The lowest BCUT2D eigenvalue weighted by molar-refractivity contribution is 0.146. The fourth-order valence-corrected chi connectivity index (χ4v) is 1.75. The van der Waals surface area contributed by atoms with Crippen molar-refractivity contribution in [3.63, 3.8) is 0 Å². The molecule has 0 bridgehead atoms. The zero-order chi connectivity index (χ0) is 12.5. The maximum absolute atomic E-state index is 5.51. The minimum atomic E-state index is 0.756. The average Bonchev–Trinajstić information content (AvgIpc) is 2.35. The smallest absolute Gasteiger partial charge is 0.208 e. The van der Waals surface area contributed by atoms with Crippen molar-refractivity contribution >= 4 is 5.96 Å². The van der Waals surface area contributed by atoms with Gasteiger partial charge < -0.3 is 14.5 Å². The van der Waals surface area contributed by atoms with Crippen LogP contribution in [-0.4, -0.2) is 68.7 Å². The molecule has 0 aliphatic carbocycles. The summed E-state index contributed by atoms with van der Waals surface area (Å²) in [5, 5.41) is 0. The molecule has 1 saturated heterocycles. The molecule has 0 aromatic rings. The molecule has 1 heterocycles. The Bertz CT molecular complexity index is 226. The number of rotatable bonds is 5. The van der Waals surface area contributed by atoms with E-state index in [0.717, 1.165) is 58.3 Å². The van der Waals surface area contributed by atoms with E-state index in [-0.39, 0.29) is 0 Å². The van der Waals surface area contributed by atoms with Crippen LogP contribution in [-0.2, 0) is 4.74 Å². The summed E-state index contributed by atoms with van der Waals surface area (Å²) >= 11 is 0. The third kappa shape index (κ3) is 5.34. The summed E-state index contributed by atoms with van der Waals surface area (Å²) in [7, 11) is 2.13. The standard InChI is InChI=1S/C11H25N5O/c1-3-17-10-4-5-13-11(14-12)16-8-6-15(2)7-9-16/h3-10,12H2,1-2H3,(H,13,14). The molecule has 0 spiro atoms. The maximum atomic E-state index is 5.51. The third-order valence-corrected chi connectivity index (χ3v) is 2.84. The molecule has 100 valence electrons. The number of hydrazine groups is 1. The molecule has 0 aromatic carbocycles. The quantitative estimate of drug-likeness (QED) is 0.224. The van der Waals surface area contributed by atoms with Gasteiger partial charge in [-0.2, -0.15) is 0 Å². The van der Waals surface area contributed by atoms with Gasteiger partial charge in [-0.25, -0.2) is 5.84 Å². The van der Waals surface area contributed by atoms with Gasteiger partial charge >= 0.3 is 0 Å². The van der Waals surface area contributed by atoms with Crippen LogP contribution in [0.25, 0.3) is 0 Å². The predicted octanol–water partition coefficient (Wildman–Crippen LogP) is -0.520. The van der Waals surface area contributed by atoms with Crippen molar-refractivity contribution in [2.45, 2.75) is 13.3 Å². The Balaban J connectivity index is 2.28. The van der Waals surface area contributed by atoms with Gasteiger partial charge in [-0.1, -0.05) is 0 Å². The van der Waals surface area contributed by atoms with E-state index >= 15 is 0 Å². The normalized spacial score (nSPS) is 18.5. The highest BCUT2D eigenvalue weighted by Gasteiger charge is 2.16. The minimum Gasteiger partial charge on any atom is -0.382 e. The highest BCUT2D eigenvalue weighted by atomic mass is 16.5. The molecule has 0 amide bonds. The SMILES string of the molecule is CCOCCCN=C(NN)N1CCN(C)CC1. The first-order chi connectivity index (χ1) is 8.27. The molecule has 6 nitrogen and oxygen atoms in total. The number of nitrogens with one attached hydrogen (secondary N) is 1. The lowest BCUT2D eigenvalue weighted by Gasteiger charge is -2.34. The fourth-order valence-electron chi connectivity index (χ4n) is 1.75. The summed E-state index contributed by atoms with van der Waals surface area (Å²) in [6.45, 7) is 8.35. The van der Waals surface area contributed by atoms with Crippen LogP contribution < -0.4 is 11.3 Å². The molecule has 1 aliphatic rings. The zero-order valence-corrected chi connectivity index (χ0v) is 11.0. The average molecular weight is 243 g/mol. The van der Waals surface area contributed by atoms with Gasteiger partial charge in [0.2, 0.25) is 5.96 Å². The van der Waals surface area contributed by atoms with E-state index in [1.807, 2.05) is 6.92 Å². The van der Waals surface area contributed by atoms with Crippen LogP contribution in [0.2, 0.25) is 0 Å². The molecule has 3 N–H and O–H groups in total. The number of ether oxygens (including phenoxy) is 1. The largest absolute Gasteiger partial charge is 0.382 e. The Morgan fingerprint density at radius 1 is 1.35 bits per heavy atom. The molecule has 0 unspecified atom stereocenters. The monoisotopic (exact) mass is 243 g/mol. The predicted molar refractivity (Wildman–Crippen MR) is 69.8 cm³/mol. The first-order valence-electron chi connectivity index (χ1n) is 6.30. The first kappa shape index (κ1) is 14.2. The lowest BCUT2D eigenvalue weighted by atomic mass is 10.3. The van der Waals surface area contributed by atoms with Crippen LogP contribution in [0.1, 0.15) is 13.3 Å². The van der Waals surface area contributed by atoms with Crippen molar-refractivity contribution in [1.82, 2.24) is 15.2 Å². The number of nitrogens with two attached hydrogens (primary N) is 1. The Morgan fingerprint density at radius 2 is 2.06 bits per heavy atom. The van der Waals surface area contributed by atoms with Gasteiger partial charge in [0.1, 0.15) is 0 Å². The molecule has 17 heavy (non-hydrogen) atoms. The Labute approximate surface area is 104 Å². The van der Waals surface area contributed by atoms with Gasteiger partial charge in [0.25, 0.3) is 0 Å². The number of likely N-dealkylation sites (N-methyl/N-ethyl adjacent to an activating group) is 1. The zero-order valence-electron chi connectivity index (χ0n) is 11.0. The van der Waals surface area contributed by atoms with Crippen molar-refractivity contribution in [2.75, 3.05) is 53.0 Å². The Hall–Kier alpha value is -0.850. The molecule has 0 radical (unpaired) electrons. The summed E-state index contributed by atoms with van der Waals surface area (Å²) < 4.78 is 5.27. The minimum absolute atomic E-state index is 0.756. The molecule has 1 aliphatic heterocycles. The summed E-state index contributed by atoms with van der Waals surface area (Å²) in [6, 6.07) is 0. The molecule has 0 saturated carbocycles. The molecule has 1 fully saturated rings. The number of piperazine rings is 1. The van der Waals surface area contributed by atoms with E-state index in [9.17, 15) is 0 Å². The second kappa shape index (κ2) is 8.27. The number of nitrogens with zero attached hydrogens (tertiary/aromatic N) is 3. The van der Waals surface area contributed by atoms with Crippen molar-refractivity contribution in [3.05, 3.63) is 0 Å². The second-order valence-electron chi connectivity index (χ2n) is 4.19. The number of hydrogen-bond donors (Lipinski definition) is 2. The molecule has 6 heteroatoms. The van der Waals surface area contributed by atoms with E-state index in [1.54, 1.807) is 0 Å². The fraction of sp³-hybridized carbons (Fsp3) is 0.909. The number of aliphatic imine (C=N–C) groups is 1. The number of hydrogen-bond acceptors (Lipinski definition) is 4. The van der Waals surface area contributed by atoms with Crippen LogP contribution in [0, 0.1) is 0 Å². The van der Waals surface area contributed by atoms with Crippen molar-refractivity contribution in [2.24, 2.45) is 10.8 Å². The van der Waals surface area contributed by atoms with Gasteiger partial charge in [0.15, 0.2) is 0 Å². The lowest BCUT2D eigenvalue weighted by Crippen LogP contribution is -2.53. The number of guanidine groups is 1. The van der Waals surface area contributed by atoms with E-state index in [1.165, 1.54) is 0 Å². The Morgan fingerprint density at radius 3 is 2.65 bits per heavy atom. The Kier molecular flexibility index (Phi) is 6.91. The van der Waals surface area contributed by atoms with Crippen molar-refractivity contribution in [3.8, 4) is 0 Å². The van der Waals surface area contributed by atoms with Crippen molar-refractivity contribution < 1.29 is 4.74 Å². The van der Waals surface area contributed by atoms with E-state index in [4.69, 9.17) is 10.6 Å². The molecule has 0 atom stereocenters. The van der Waals surface area contributed by atoms with Crippen LogP contribution in [0.4, 0.5) is 0 Å². The van der Waals surface area contributed by atoms with E-state index in [0.29, 0.717) is 0 Å². The van der Waals surface area contributed by atoms with Gasteiger partial charge in [-0.05, 0) is 20.4 Å². The van der Waals surface area contributed by atoms with Crippen LogP contribution >= 0.6 is 0 Å². The van der Waals surface area contributed by atoms with Gasteiger partial charge in [0.05, 0.1) is 0 Å². The van der Waals surface area contributed by atoms with E-state index in [2.05, 4.69) is 27.3 Å². The van der Waals surface area contributed by atoms with Crippen LogP contribution in [0.15, 0.2) is 4.99 Å². The van der Waals surface area contributed by atoms with Crippen LogP contribution in [0.5, 0.6) is 0 Å². The maximum Gasteiger partial charge on any atom is 0.208 e. The van der Waals surface area contributed by atoms with Gasteiger partial charge in [0, 0.05) is 45.9 Å². The van der Waals surface area contributed by atoms with Gasteiger partial charge in [-0.3, -0.25) is 10.4 Å². The summed E-state index contributed by atoms with van der Waals surface area (Å²) in [5.41, 5.74) is 2.69. The highest BCUT2D eigenvalue weighted by Crippen LogP contribution is 1.99. The molecular weight excluding hydrogens is 218 g/mol. The third-order valence-electron chi connectivity index (χ3n) is 2.84. The van der Waals surface area contributed by atoms with Gasteiger partial charge in [-0.15, -0.1) is 0 Å². The molecule has 1 rings (SSSR count). The molecule has 0 aromatic heterocycles. The summed E-state index contributed by atoms with van der Waals surface area (Å²) in [5.74, 6) is 6.31. The summed E-state index contributed by atoms with van der Waals surface area (Å²) in [6.07, 6.45) is 0.937.